The van der Waals surface area contributed by atoms with Gasteiger partial charge in [-0.15, -0.1) is 0 Å². The first-order chi connectivity index (χ1) is 12.8. The number of hydrogen-bond donors (Lipinski definition) is 1. The van der Waals surface area contributed by atoms with Gasteiger partial charge in [0.1, 0.15) is 6.26 Å². The first-order valence-corrected chi connectivity index (χ1v) is 9.18. The maximum absolute atomic E-state index is 5.61. The Morgan fingerprint density at radius 1 is 1.27 bits per heavy atom. The summed E-state index contributed by atoms with van der Waals surface area (Å²) in [6, 6.07) is 10.6. The third-order valence-electron chi connectivity index (χ3n) is 5.04. The predicted molar refractivity (Wildman–Crippen MR) is 103 cm³/mol. The van der Waals surface area contributed by atoms with Crippen molar-refractivity contribution in [3.63, 3.8) is 0 Å². The van der Waals surface area contributed by atoms with Crippen LogP contribution in [0.4, 0.5) is 0 Å². The van der Waals surface area contributed by atoms with E-state index in [0.29, 0.717) is 18.5 Å². The maximum Gasteiger partial charge on any atom is 0.226 e. The van der Waals surface area contributed by atoms with Crippen LogP contribution < -0.4 is 5.32 Å². The lowest BCUT2D eigenvalue weighted by atomic mass is 10.2. The molecule has 3 heterocycles. The molecule has 2 aliphatic heterocycles. The number of aromatic nitrogens is 1. The number of rotatable bonds is 4. The average Bonchev–Trinajstić information content (AvgIpc) is 3.44. The highest BCUT2D eigenvalue weighted by Gasteiger charge is 2.29. The van der Waals surface area contributed by atoms with Crippen LogP contribution in [0, 0.1) is 0 Å². The molecule has 0 bridgehead atoms. The normalized spacial score (nSPS) is 20.9. The van der Waals surface area contributed by atoms with Crippen LogP contribution in [-0.4, -0.2) is 60.0 Å². The van der Waals surface area contributed by atoms with Crippen LogP contribution in [0.5, 0.6) is 0 Å². The first-order valence-electron chi connectivity index (χ1n) is 9.18. The second-order valence-electron chi connectivity index (χ2n) is 6.72. The fourth-order valence-corrected chi connectivity index (χ4v) is 3.63. The molecule has 26 heavy (non-hydrogen) atoms. The van der Waals surface area contributed by atoms with E-state index in [1.165, 1.54) is 6.42 Å². The number of nitrogens with zero attached hydrogens (tertiary/aromatic N) is 4. The van der Waals surface area contributed by atoms with Gasteiger partial charge in [0, 0.05) is 44.8 Å². The molecule has 1 fully saturated rings. The molecule has 2 aliphatic rings. The Balaban J connectivity index is 1.33. The second kappa shape index (κ2) is 7.74. The minimum absolute atomic E-state index is 0.607. The molecule has 0 saturated carbocycles. The van der Waals surface area contributed by atoms with Crippen LogP contribution >= 0.6 is 0 Å². The summed E-state index contributed by atoms with van der Waals surface area (Å²) in [5.41, 5.74) is 1.87. The van der Waals surface area contributed by atoms with E-state index in [1.807, 2.05) is 37.4 Å². The Bertz CT molecular complexity index is 775. The lowest BCUT2D eigenvalue weighted by molar-refractivity contribution is 0.259. The van der Waals surface area contributed by atoms with Crippen LogP contribution in [0.25, 0.3) is 11.5 Å². The molecule has 4 rings (SSSR count). The molecular formula is C20H25N5O. The smallest absolute Gasteiger partial charge is 0.226 e. The van der Waals surface area contributed by atoms with Crippen molar-refractivity contribution in [2.45, 2.75) is 19.0 Å². The summed E-state index contributed by atoms with van der Waals surface area (Å²) >= 11 is 0. The third-order valence-corrected chi connectivity index (χ3v) is 5.04. The van der Waals surface area contributed by atoms with Gasteiger partial charge in [-0.1, -0.05) is 30.4 Å². The zero-order chi connectivity index (χ0) is 17.8. The van der Waals surface area contributed by atoms with Gasteiger partial charge in [-0.05, 0) is 18.6 Å². The van der Waals surface area contributed by atoms with Crippen molar-refractivity contribution in [3.8, 4) is 11.5 Å². The number of nitrogens with one attached hydrogen (secondary N) is 1. The van der Waals surface area contributed by atoms with Crippen LogP contribution in [0.15, 0.2) is 58.2 Å². The van der Waals surface area contributed by atoms with E-state index in [1.54, 1.807) is 6.26 Å². The molecular weight excluding hydrogens is 326 g/mol. The number of guanidine groups is 1. The molecule has 0 spiro atoms. The molecule has 1 aromatic heterocycles. The Kier molecular flexibility index (Phi) is 5.02. The summed E-state index contributed by atoms with van der Waals surface area (Å²) in [5.74, 6) is 1.59. The minimum atomic E-state index is 0.607. The standard InChI is InChI=1S/C20H25N5O/c1-21-20(25-12-9-18(14-25)24-10-5-6-11-24)22-13-17-15-26-19(23-17)16-7-3-2-4-8-16/h2-8,15,18H,9-14H2,1H3,(H,21,22). The van der Waals surface area contributed by atoms with Crippen LogP contribution in [0.1, 0.15) is 12.1 Å². The van der Waals surface area contributed by atoms with Crippen LogP contribution in [-0.2, 0) is 6.54 Å². The van der Waals surface area contributed by atoms with E-state index >= 15 is 0 Å². The highest BCUT2D eigenvalue weighted by molar-refractivity contribution is 5.80. The number of likely N-dealkylation sites (tertiary alicyclic amines) is 1. The van der Waals surface area contributed by atoms with Gasteiger partial charge in [0.15, 0.2) is 5.96 Å². The minimum Gasteiger partial charge on any atom is -0.444 e. The number of aliphatic imine (C=N–C) groups is 1. The average molecular weight is 351 g/mol. The summed E-state index contributed by atoms with van der Waals surface area (Å²) in [6.07, 6.45) is 7.41. The van der Waals surface area contributed by atoms with E-state index in [0.717, 1.165) is 43.4 Å². The SMILES string of the molecule is CN=C(NCc1coc(-c2ccccc2)n1)N1CCC(N2CC=CC2)C1. The molecule has 0 aliphatic carbocycles. The molecule has 1 N–H and O–H groups in total. The molecule has 6 heteroatoms. The Morgan fingerprint density at radius 2 is 2.08 bits per heavy atom. The maximum atomic E-state index is 5.61. The zero-order valence-corrected chi connectivity index (χ0v) is 15.1. The topological polar surface area (TPSA) is 56.9 Å². The Hall–Kier alpha value is -2.60. The van der Waals surface area contributed by atoms with E-state index in [-0.39, 0.29) is 0 Å². The summed E-state index contributed by atoms with van der Waals surface area (Å²) in [5, 5.41) is 3.42. The Labute approximate surface area is 154 Å². The largest absolute Gasteiger partial charge is 0.444 e. The van der Waals surface area contributed by atoms with Gasteiger partial charge in [0.25, 0.3) is 0 Å². The molecule has 1 atom stereocenters. The number of oxazole rings is 1. The summed E-state index contributed by atoms with van der Waals surface area (Å²) < 4.78 is 5.61. The number of benzene rings is 1. The van der Waals surface area contributed by atoms with Gasteiger partial charge in [-0.25, -0.2) is 4.98 Å². The fraction of sp³-hybridized carbons (Fsp3) is 0.400. The van der Waals surface area contributed by atoms with Gasteiger partial charge in [-0.2, -0.15) is 0 Å². The number of hydrogen-bond acceptors (Lipinski definition) is 4. The molecule has 1 saturated heterocycles. The lowest BCUT2D eigenvalue weighted by Gasteiger charge is -2.25. The molecule has 0 amide bonds. The van der Waals surface area contributed by atoms with Crippen molar-refractivity contribution in [3.05, 3.63) is 54.4 Å². The van der Waals surface area contributed by atoms with Gasteiger partial charge in [-0.3, -0.25) is 9.89 Å². The summed E-state index contributed by atoms with van der Waals surface area (Å²) in [6.45, 7) is 4.82. The van der Waals surface area contributed by atoms with Crippen molar-refractivity contribution < 1.29 is 4.42 Å². The van der Waals surface area contributed by atoms with Gasteiger partial charge < -0.3 is 14.6 Å². The first kappa shape index (κ1) is 16.8. The van der Waals surface area contributed by atoms with Crippen molar-refractivity contribution in [1.82, 2.24) is 20.1 Å². The van der Waals surface area contributed by atoms with Crippen LogP contribution in [0.3, 0.4) is 0 Å². The van der Waals surface area contributed by atoms with E-state index in [9.17, 15) is 0 Å². The second-order valence-corrected chi connectivity index (χ2v) is 6.72. The molecule has 1 aromatic carbocycles. The highest BCUT2D eigenvalue weighted by Crippen LogP contribution is 2.19. The zero-order valence-electron chi connectivity index (χ0n) is 15.1. The lowest BCUT2D eigenvalue weighted by Crippen LogP contribution is -2.42. The van der Waals surface area contributed by atoms with Crippen molar-refractivity contribution in [1.29, 1.82) is 0 Å². The molecule has 6 nitrogen and oxygen atoms in total. The molecule has 2 aromatic rings. The fourth-order valence-electron chi connectivity index (χ4n) is 3.63. The van der Waals surface area contributed by atoms with Crippen molar-refractivity contribution in [2.75, 3.05) is 33.2 Å². The van der Waals surface area contributed by atoms with Crippen molar-refractivity contribution >= 4 is 5.96 Å². The van der Waals surface area contributed by atoms with Gasteiger partial charge in [0.2, 0.25) is 5.89 Å². The van der Waals surface area contributed by atoms with Gasteiger partial charge in [0.05, 0.1) is 12.2 Å². The monoisotopic (exact) mass is 351 g/mol. The summed E-state index contributed by atoms with van der Waals surface area (Å²) in [7, 11) is 1.84. The molecule has 0 radical (unpaired) electrons. The predicted octanol–water partition coefficient (Wildman–Crippen LogP) is 2.36. The van der Waals surface area contributed by atoms with Gasteiger partial charge >= 0.3 is 0 Å². The van der Waals surface area contributed by atoms with E-state index < -0.39 is 0 Å². The molecule has 136 valence electrons. The highest BCUT2D eigenvalue weighted by atomic mass is 16.3. The van der Waals surface area contributed by atoms with E-state index in [4.69, 9.17) is 4.42 Å². The quantitative estimate of drug-likeness (QED) is 0.521. The van der Waals surface area contributed by atoms with Crippen LogP contribution in [0.2, 0.25) is 0 Å². The summed E-state index contributed by atoms with van der Waals surface area (Å²) in [4.78, 5) is 13.9. The molecule has 1 unspecified atom stereocenters. The third kappa shape index (κ3) is 3.65. The van der Waals surface area contributed by atoms with Crippen molar-refractivity contribution in [2.24, 2.45) is 4.99 Å². The van der Waals surface area contributed by atoms with E-state index in [2.05, 4.69) is 37.2 Å². The Morgan fingerprint density at radius 3 is 2.85 bits per heavy atom.